The van der Waals surface area contributed by atoms with Gasteiger partial charge in [-0.15, -0.1) is 0 Å². The van der Waals surface area contributed by atoms with E-state index >= 15 is 0 Å². The van der Waals surface area contributed by atoms with E-state index in [0.29, 0.717) is 41.0 Å². The maximum absolute atomic E-state index is 13.5. The van der Waals surface area contributed by atoms with Gasteiger partial charge in [0.1, 0.15) is 11.6 Å². The van der Waals surface area contributed by atoms with Gasteiger partial charge in [0, 0.05) is 24.9 Å². The minimum Gasteiger partial charge on any atom is -0.432 e. The van der Waals surface area contributed by atoms with Crippen molar-refractivity contribution >= 4 is 11.7 Å². The lowest BCUT2D eigenvalue weighted by atomic mass is 9.93. The second-order valence-corrected chi connectivity index (χ2v) is 7.94. The molecule has 0 radical (unpaired) electrons. The summed E-state index contributed by atoms with van der Waals surface area (Å²) in [5.41, 5.74) is 1.89. The SMILES string of the molecule is Cc1ccc(NC(=O)C2(c3ccc4c(c3)OC(F)(F)C4)CC2)nc1-c1cnc(=O)[nH]c1.[HH]. The second-order valence-electron chi connectivity index (χ2n) is 7.94. The quantitative estimate of drug-likeness (QED) is 0.665. The number of fused-ring (bicyclic) bond motifs is 1. The van der Waals surface area contributed by atoms with E-state index in [2.05, 4.69) is 20.3 Å². The fraction of sp³-hybridized carbons (Fsp3) is 0.273. The highest BCUT2D eigenvalue weighted by molar-refractivity contribution is 6.01. The number of anilines is 1. The number of amides is 1. The molecular formula is C22H20F2N4O3. The number of aryl methyl sites for hydroxylation is 1. The van der Waals surface area contributed by atoms with Crippen LogP contribution in [0.4, 0.5) is 14.6 Å². The van der Waals surface area contributed by atoms with E-state index in [9.17, 15) is 18.4 Å². The summed E-state index contributed by atoms with van der Waals surface area (Å²) < 4.78 is 31.8. The Morgan fingerprint density at radius 1 is 1.26 bits per heavy atom. The van der Waals surface area contributed by atoms with Crippen LogP contribution in [0.25, 0.3) is 11.3 Å². The molecule has 3 aromatic rings. The first-order valence-corrected chi connectivity index (χ1v) is 9.80. The molecule has 2 aromatic heterocycles. The van der Waals surface area contributed by atoms with Crippen molar-refractivity contribution in [1.82, 2.24) is 15.0 Å². The minimum absolute atomic E-state index is 0. The molecule has 3 heterocycles. The number of alkyl halides is 2. The lowest BCUT2D eigenvalue weighted by molar-refractivity contribution is -0.159. The van der Waals surface area contributed by atoms with E-state index in [0.717, 1.165) is 5.56 Å². The number of hydrogen-bond donors (Lipinski definition) is 2. The molecule has 1 aliphatic carbocycles. The first kappa shape index (κ1) is 19.3. The maximum Gasteiger partial charge on any atom is 0.402 e. The summed E-state index contributed by atoms with van der Waals surface area (Å²) in [4.78, 5) is 35.0. The number of ether oxygens (including phenoxy) is 1. The molecular weight excluding hydrogens is 406 g/mol. The Hall–Kier alpha value is -3.62. The van der Waals surface area contributed by atoms with Crippen LogP contribution in [-0.2, 0) is 16.6 Å². The molecule has 7 nitrogen and oxygen atoms in total. The summed E-state index contributed by atoms with van der Waals surface area (Å²) in [6, 6.07) is 8.37. The largest absolute Gasteiger partial charge is 0.432 e. The first-order chi connectivity index (χ1) is 14.8. The molecule has 0 spiro atoms. The molecule has 5 rings (SSSR count). The van der Waals surface area contributed by atoms with Gasteiger partial charge in [-0.1, -0.05) is 18.2 Å². The number of pyridine rings is 1. The zero-order valence-corrected chi connectivity index (χ0v) is 16.5. The van der Waals surface area contributed by atoms with Crippen molar-refractivity contribution in [1.29, 1.82) is 0 Å². The monoisotopic (exact) mass is 426 g/mol. The summed E-state index contributed by atoms with van der Waals surface area (Å²) >= 11 is 0. The van der Waals surface area contributed by atoms with Gasteiger partial charge in [-0.05, 0) is 43.0 Å². The van der Waals surface area contributed by atoms with E-state index in [1.54, 1.807) is 24.3 Å². The number of aromatic nitrogens is 3. The van der Waals surface area contributed by atoms with Crippen LogP contribution < -0.4 is 15.7 Å². The van der Waals surface area contributed by atoms with Crippen molar-refractivity contribution in [2.24, 2.45) is 0 Å². The molecule has 2 N–H and O–H groups in total. The number of carbonyl (C=O) groups is 1. The Morgan fingerprint density at radius 2 is 2.06 bits per heavy atom. The number of aromatic amines is 1. The van der Waals surface area contributed by atoms with Crippen molar-refractivity contribution in [3.05, 3.63) is 69.9 Å². The number of hydrogen-bond acceptors (Lipinski definition) is 5. The van der Waals surface area contributed by atoms with Crippen LogP contribution in [0.2, 0.25) is 0 Å². The van der Waals surface area contributed by atoms with E-state index in [1.165, 1.54) is 12.4 Å². The molecule has 9 heteroatoms. The average molecular weight is 426 g/mol. The van der Waals surface area contributed by atoms with Crippen LogP contribution in [-0.4, -0.2) is 27.0 Å². The Kier molecular flexibility index (Phi) is 4.18. The van der Waals surface area contributed by atoms with Crippen LogP contribution >= 0.6 is 0 Å². The van der Waals surface area contributed by atoms with Crippen LogP contribution in [0, 0.1) is 6.92 Å². The molecule has 0 bridgehead atoms. The van der Waals surface area contributed by atoms with Crippen LogP contribution in [0.3, 0.4) is 0 Å². The van der Waals surface area contributed by atoms with Crippen LogP contribution in [0.15, 0.2) is 47.5 Å². The van der Waals surface area contributed by atoms with E-state index in [4.69, 9.17) is 4.74 Å². The van der Waals surface area contributed by atoms with E-state index in [1.807, 2.05) is 13.0 Å². The third-order valence-electron chi connectivity index (χ3n) is 5.74. The molecule has 1 saturated carbocycles. The number of rotatable bonds is 4. The van der Waals surface area contributed by atoms with Crippen molar-refractivity contribution in [3.63, 3.8) is 0 Å². The highest BCUT2D eigenvalue weighted by Gasteiger charge is 2.52. The fourth-order valence-electron chi connectivity index (χ4n) is 3.88. The van der Waals surface area contributed by atoms with Crippen LogP contribution in [0.5, 0.6) is 5.75 Å². The number of carbonyl (C=O) groups excluding carboxylic acids is 1. The molecule has 1 aliphatic heterocycles. The Balaban J connectivity index is 0.00000245. The molecule has 31 heavy (non-hydrogen) atoms. The lowest BCUT2D eigenvalue weighted by Crippen LogP contribution is -2.28. The Bertz CT molecular complexity index is 1250. The maximum atomic E-state index is 13.5. The average Bonchev–Trinajstić information content (AvgIpc) is 3.47. The Morgan fingerprint density at radius 3 is 2.77 bits per heavy atom. The fourth-order valence-corrected chi connectivity index (χ4v) is 3.88. The molecule has 1 aromatic carbocycles. The van der Waals surface area contributed by atoms with Crippen molar-refractivity contribution < 1.29 is 19.7 Å². The van der Waals surface area contributed by atoms with Crippen molar-refractivity contribution in [3.8, 4) is 17.0 Å². The minimum atomic E-state index is -3.21. The standard InChI is InChI=1S/C22H18F2N4O3.H2/c1-12-2-5-17(27-18(12)14-10-25-20(30)26-11-14)28-19(29)21(6-7-21)15-4-3-13-9-22(23,24)31-16(13)8-15;/h2-5,8,10-11H,6-7,9H2,1H3,(H,25,26,30)(H,27,28,29);1H. The number of nitrogens with zero attached hydrogens (tertiary/aromatic N) is 2. The van der Waals surface area contributed by atoms with Crippen LogP contribution in [0.1, 0.15) is 31.0 Å². The molecule has 1 amide bonds. The summed E-state index contributed by atoms with van der Waals surface area (Å²) in [6.07, 6.45) is 0.477. The zero-order chi connectivity index (χ0) is 21.8. The van der Waals surface area contributed by atoms with Crippen molar-refractivity contribution in [2.45, 2.75) is 37.7 Å². The van der Waals surface area contributed by atoms with E-state index in [-0.39, 0.29) is 13.1 Å². The Labute approximate surface area is 177 Å². The normalized spacial score (nSPS) is 17.5. The smallest absolute Gasteiger partial charge is 0.402 e. The van der Waals surface area contributed by atoms with E-state index < -0.39 is 23.6 Å². The number of nitrogens with one attached hydrogen (secondary N) is 2. The van der Waals surface area contributed by atoms with Gasteiger partial charge >= 0.3 is 11.8 Å². The summed E-state index contributed by atoms with van der Waals surface area (Å²) in [5.74, 6) is 0.231. The second kappa shape index (κ2) is 6.69. The molecule has 2 aliphatic rings. The van der Waals surface area contributed by atoms with Crippen molar-refractivity contribution in [2.75, 3.05) is 5.32 Å². The van der Waals surface area contributed by atoms with Gasteiger partial charge in [-0.3, -0.25) is 4.79 Å². The molecule has 1 fully saturated rings. The topological polar surface area (TPSA) is 97.0 Å². The van der Waals surface area contributed by atoms with Gasteiger partial charge in [0.05, 0.1) is 17.5 Å². The van der Waals surface area contributed by atoms with Gasteiger partial charge < -0.3 is 15.0 Å². The third kappa shape index (κ3) is 3.45. The molecule has 0 unspecified atom stereocenters. The van der Waals surface area contributed by atoms with Gasteiger partial charge in [0.2, 0.25) is 5.91 Å². The highest BCUT2D eigenvalue weighted by Crippen LogP contribution is 2.51. The molecule has 0 atom stereocenters. The third-order valence-corrected chi connectivity index (χ3v) is 5.74. The molecule has 0 saturated heterocycles. The molecule has 160 valence electrons. The number of halogens is 2. The highest BCUT2D eigenvalue weighted by atomic mass is 19.3. The van der Waals surface area contributed by atoms with Gasteiger partial charge in [0.25, 0.3) is 0 Å². The van der Waals surface area contributed by atoms with Gasteiger partial charge in [-0.2, -0.15) is 8.78 Å². The summed E-state index contributed by atoms with van der Waals surface area (Å²) in [5, 5.41) is 2.84. The predicted molar refractivity (Wildman–Crippen MR) is 110 cm³/mol. The predicted octanol–water partition coefficient (Wildman–Crippen LogP) is 3.58. The lowest BCUT2D eigenvalue weighted by Gasteiger charge is -2.17. The number of H-pyrrole nitrogens is 1. The van der Waals surface area contributed by atoms with Gasteiger partial charge in [0.15, 0.2) is 0 Å². The first-order valence-electron chi connectivity index (χ1n) is 9.80. The van der Waals surface area contributed by atoms with Gasteiger partial charge in [-0.25, -0.2) is 14.8 Å². The summed E-state index contributed by atoms with van der Waals surface area (Å²) in [6.45, 7) is 1.86. The number of benzene rings is 1. The zero-order valence-electron chi connectivity index (χ0n) is 16.5. The summed E-state index contributed by atoms with van der Waals surface area (Å²) in [7, 11) is 0.